The van der Waals surface area contributed by atoms with Gasteiger partial charge in [0, 0.05) is 13.0 Å². The van der Waals surface area contributed by atoms with Crippen molar-refractivity contribution in [3.8, 4) is 0 Å². The summed E-state index contributed by atoms with van der Waals surface area (Å²) in [5.74, 6) is -0.699. The molecule has 0 aromatic rings. The number of rotatable bonds is 2. The van der Waals surface area contributed by atoms with Crippen LogP contribution in [0.1, 0.15) is 6.92 Å². The summed E-state index contributed by atoms with van der Waals surface area (Å²) in [5, 5.41) is 6.99. The van der Waals surface area contributed by atoms with E-state index < -0.39 is 11.1 Å². The maximum Gasteiger partial charge on any atom is 0.333 e. The highest BCUT2D eigenvalue weighted by atomic mass is 32.1. The number of aliphatic hydroxyl groups is 1. The summed E-state index contributed by atoms with van der Waals surface area (Å²) < 4.78 is 4.25. The number of esters is 1. The first-order valence-corrected chi connectivity index (χ1v) is 2.70. The van der Waals surface area contributed by atoms with E-state index in [9.17, 15) is 4.79 Å². The molecule has 0 aliphatic rings. The second-order valence-electron chi connectivity index (χ2n) is 1.56. The van der Waals surface area contributed by atoms with Crippen LogP contribution >= 0.6 is 12.6 Å². The van der Waals surface area contributed by atoms with Crippen LogP contribution < -0.4 is 0 Å². The summed E-state index contributed by atoms with van der Waals surface area (Å²) in [7, 11) is 0. The summed E-state index contributed by atoms with van der Waals surface area (Å²) in [6.45, 7) is 4.36. The molecule has 9 heavy (non-hydrogen) atoms. The molecular formula is C5H8O3S. The number of hydrogen-bond acceptors (Lipinski definition) is 4. The molecular weight excluding hydrogens is 140 g/mol. The Morgan fingerprint density at radius 2 is 2.44 bits per heavy atom. The molecule has 0 fully saturated rings. The second kappa shape index (κ2) is 2.89. The van der Waals surface area contributed by atoms with Crippen molar-refractivity contribution in [2.24, 2.45) is 0 Å². The molecule has 0 saturated heterocycles. The Kier molecular flexibility index (Phi) is 2.73. The van der Waals surface area contributed by atoms with Crippen molar-refractivity contribution in [1.29, 1.82) is 0 Å². The van der Waals surface area contributed by atoms with E-state index in [1.807, 2.05) is 0 Å². The molecule has 0 bridgehead atoms. The van der Waals surface area contributed by atoms with Crippen LogP contribution in [0.25, 0.3) is 0 Å². The Morgan fingerprint density at radius 3 is 2.56 bits per heavy atom. The highest BCUT2D eigenvalue weighted by Crippen LogP contribution is 2.09. The molecule has 1 unspecified atom stereocenters. The average molecular weight is 148 g/mol. The standard InChI is InChI=1S/C5H8O3S/c1-3-4(6)8-5(2,7)9/h3,7,9H,1H2,2H3. The molecule has 0 saturated carbocycles. The SMILES string of the molecule is C=CC(=O)OC(C)(O)S. The minimum atomic E-state index is -1.70. The van der Waals surface area contributed by atoms with Gasteiger partial charge in [-0.25, -0.2) is 4.79 Å². The maximum atomic E-state index is 10.3. The lowest BCUT2D eigenvalue weighted by atomic mass is 10.6. The molecule has 0 amide bonds. The molecule has 3 nitrogen and oxygen atoms in total. The van der Waals surface area contributed by atoms with E-state index in [0.29, 0.717) is 0 Å². The molecule has 4 heteroatoms. The fraction of sp³-hybridized carbons (Fsp3) is 0.400. The van der Waals surface area contributed by atoms with E-state index in [-0.39, 0.29) is 0 Å². The van der Waals surface area contributed by atoms with E-state index in [1.165, 1.54) is 6.92 Å². The van der Waals surface area contributed by atoms with E-state index >= 15 is 0 Å². The van der Waals surface area contributed by atoms with Gasteiger partial charge in [-0.3, -0.25) is 0 Å². The van der Waals surface area contributed by atoms with E-state index in [1.54, 1.807) is 0 Å². The Balaban J connectivity index is 3.74. The van der Waals surface area contributed by atoms with E-state index in [2.05, 4.69) is 23.9 Å². The van der Waals surface area contributed by atoms with Gasteiger partial charge in [0.2, 0.25) is 0 Å². The van der Waals surface area contributed by atoms with Crippen molar-refractivity contribution in [2.45, 2.75) is 12.0 Å². The first kappa shape index (κ1) is 8.52. The first-order chi connectivity index (χ1) is 3.95. The van der Waals surface area contributed by atoms with Gasteiger partial charge in [-0.05, 0) is 0 Å². The van der Waals surface area contributed by atoms with Gasteiger partial charge in [0.05, 0.1) is 0 Å². The highest BCUT2D eigenvalue weighted by Gasteiger charge is 2.16. The van der Waals surface area contributed by atoms with Gasteiger partial charge in [-0.2, -0.15) is 0 Å². The largest absolute Gasteiger partial charge is 0.421 e. The van der Waals surface area contributed by atoms with Crippen molar-refractivity contribution >= 4 is 18.6 Å². The predicted molar refractivity (Wildman–Crippen MR) is 35.9 cm³/mol. The maximum absolute atomic E-state index is 10.3. The molecule has 0 aromatic heterocycles. The molecule has 0 radical (unpaired) electrons. The van der Waals surface area contributed by atoms with E-state index in [0.717, 1.165) is 6.08 Å². The summed E-state index contributed by atoms with van der Waals surface area (Å²) >= 11 is 3.51. The third-order valence-electron chi connectivity index (χ3n) is 0.461. The highest BCUT2D eigenvalue weighted by molar-refractivity contribution is 7.81. The fourth-order valence-corrected chi connectivity index (χ4v) is 0.322. The van der Waals surface area contributed by atoms with Crippen molar-refractivity contribution in [3.05, 3.63) is 12.7 Å². The molecule has 0 spiro atoms. The van der Waals surface area contributed by atoms with Gasteiger partial charge in [0.15, 0.2) is 0 Å². The Hall–Kier alpha value is -0.480. The first-order valence-electron chi connectivity index (χ1n) is 2.26. The topological polar surface area (TPSA) is 46.5 Å². The molecule has 0 aliphatic heterocycles. The number of hydrogen-bond donors (Lipinski definition) is 2. The van der Waals surface area contributed by atoms with Gasteiger partial charge >= 0.3 is 5.97 Å². The molecule has 52 valence electrons. The quantitative estimate of drug-likeness (QED) is 0.256. The predicted octanol–water partition coefficient (Wildman–Crippen LogP) is 0.311. The number of ether oxygens (including phenoxy) is 1. The van der Waals surface area contributed by atoms with Crippen LogP contribution in [0.15, 0.2) is 12.7 Å². The average Bonchev–Trinajstić information content (AvgIpc) is 1.62. The van der Waals surface area contributed by atoms with Crippen LogP contribution in [0.2, 0.25) is 0 Å². The molecule has 1 atom stereocenters. The number of carbonyl (C=O) groups excluding carboxylic acids is 1. The normalized spacial score (nSPS) is 15.9. The van der Waals surface area contributed by atoms with Crippen LogP contribution in [0.3, 0.4) is 0 Å². The molecule has 0 rings (SSSR count). The summed E-state index contributed by atoms with van der Waals surface area (Å²) in [5.41, 5.74) is 0. The third kappa shape index (κ3) is 5.39. The monoisotopic (exact) mass is 148 g/mol. The third-order valence-corrected chi connectivity index (χ3v) is 0.552. The van der Waals surface area contributed by atoms with Gasteiger partial charge in [-0.1, -0.05) is 6.58 Å². The molecule has 0 heterocycles. The zero-order chi connectivity index (χ0) is 7.49. The van der Waals surface area contributed by atoms with Crippen molar-refractivity contribution in [1.82, 2.24) is 0 Å². The lowest BCUT2D eigenvalue weighted by Crippen LogP contribution is -2.23. The molecule has 1 N–H and O–H groups in total. The Bertz CT molecular complexity index is 125. The van der Waals surface area contributed by atoms with Gasteiger partial charge in [0.1, 0.15) is 0 Å². The summed E-state index contributed by atoms with van der Waals surface area (Å²) in [4.78, 5) is 10.3. The van der Waals surface area contributed by atoms with Crippen molar-refractivity contribution in [2.75, 3.05) is 0 Å². The number of thiol groups is 1. The zero-order valence-corrected chi connectivity index (χ0v) is 5.89. The zero-order valence-electron chi connectivity index (χ0n) is 5.00. The van der Waals surface area contributed by atoms with Gasteiger partial charge in [-0.15, -0.1) is 12.6 Å². The van der Waals surface area contributed by atoms with Crippen molar-refractivity contribution < 1.29 is 14.6 Å². The van der Waals surface area contributed by atoms with Gasteiger partial charge in [0.25, 0.3) is 5.12 Å². The summed E-state index contributed by atoms with van der Waals surface area (Å²) in [6.07, 6.45) is 0.949. The van der Waals surface area contributed by atoms with Gasteiger partial charge < -0.3 is 9.84 Å². The fourth-order valence-electron chi connectivity index (χ4n) is 0.232. The van der Waals surface area contributed by atoms with Crippen LogP contribution in [0, 0.1) is 0 Å². The van der Waals surface area contributed by atoms with Crippen LogP contribution in [-0.4, -0.2) is 16.2 Å². The second-order valence-corrected chi connectivity index (χ2v) is 2.39. The smallest absolute Gasteiger partial charge is 0.333 e. The number of carbonyl (C=O) groups is 1. The summed E-state index contributed by atoms with van der Waals surface area (Å²) in [6, 6.07) is 0. The Morgan fingerprint density at radius 1 is 2.00 bits per heavy atom. The van der Waals surface area contributed by atoms with Crippen LogP contribution in [-0.2, 0) is 9.53 Å². The minimum Gasteiger partial charge on any atom is -0.421 e. The van der Waals surface area contributed by atoms with Crippen molar-refractivity contribution in [3.63, 3.8) is 0 Å². The van der Waals surface area contributed by atoms with Crippen LogP contribution in [0.4, 0.5) is 0 Å². The lowest BCUT2D eigenvalue weighted by molar-refractivity contribution is -0.165. The lowest BCUT2D eigenvalue weighted by Gasteiger charge is -2.14. The molecule has 0 aromatic carbocycles. The minimum absolute atomic E-state index is 0.699. The molecule has 0 aliphatic carbocycles. The Labute approximate surface area is 58.7 Å². The van der Waals surface area contributed by atoms with E-state index in [4.69, 9.17) is 5.11 Å². The van der Waals surface area contributed by atoms with Crippen LogP contribution in [0.5, 0.6) is 0 Å².